The van der Waals surface area contributed by atoms with Gasteiger partial charge in [-0.25, -0.2) is 0 Å². The van der Waals surface area contributed by atoms with E-state index in [0.29, 0.717) is 11.4 Å². The molecule has 0 aliphatic rings. The number of anilines is 2. The van der Waals surface area contributed by atoms with Crippen LogP contribution in [-0.2, 0) is 0 Å². The summed E-state index contributed by atoms with van der Waals surface area (Å²) in [6.45, 7) is 2.33. The Kier molecular flexibility index (Phi) is 4.32. The lowest BCUT2D eigenvalue weighted by Gasteiger charge is -2.31. The summed E-state index contributed by atoms with van der Waals surface area (Å²) < 4.78 is 42.7. The highest BCUT2D eigenvalue weighted by Crippen LogP contribution is 2.34. The van der Waals surface area contributed by atoms with Crippen molar-refractivity contribution in [2.24, 2.45) is 0 Å². The lowest BCUT2D eigenvalue weighted by atomic mass is 10.2. The number of halogens is 3. The van der Waals surface area contributed by atoms with Gasteiger partial charge in [-0.15, -0.1) is 0 Å². The molecule has 0 bridgehead atoms. The topological polar surface area (TPSA) is 38.5 Å². The van der Waals surface area contributed by atoms with Gasteiger partial charge in [0.05, 0.1) is 18.5 Å². The van der Waals surface area contributed by atoms with E-state index in [2.05, 4.69) is 0 Å². The number of methoxy groups -OCH3 is 1. The quantitative estimate of drug-likeness (QED) is 0.847. The average Bonchev–Trinajstić information content (AvgIpc) is 2.25. The third kappa shape index (κ3) is 3.45. The average molecular weight is 262 g/mol. The Labute approximate surface area is 104 Å². The maximum atomic E-state index is 12.6. The van der Waals surface area contributed by atoms with Gasteiger partial charge in [-0.1, -0.05) is 6.07 Å². The Bertz CT molecular complexity index is 405. The molecule has 0 aliphatic carbocycles. The standard InChI is InChI=1S/C12H17F3N2O/c1-8(2)17(7-12(13,14)15)9-5-4-6-10(18-3)11(9)16/h4-6,8H,7,16H2,1-3H3. The predicted octanol–water partition coefficient (Wildman–Crippen LogP) is 3.05. The van der Waals surface area contributed by atoms with E-state index < -0.39 is 12.7 Å². The number of hydrogen-bond donors (Lipinski definition) is 1. The molecule has 0 spiro atoms. The van der Waals surface area contributed by atoms with Crippen LogP contribution < -0.4 is 15.4 Å². The van der Waals surface area contributed by atoms with Crippen molar-refractivity contribution >= 4 is 11.4 Å². The van der Waals surface area contributed by atoms with Crippen molar-refractivity contribution in [3.8, 4) is 5.75 Å². The molecule has 2 N–H and O–H groups in total. The van der Waals surface area contributed by atoms with Gasteiger partial charge in [0.2, 0.25) is 0 Å². The SMILES string of the molecule is COc1cccc(N(CC(F)(F)F)C(C)C)c1N. The van der Waals surface area contributed by atoms with E-state index in [9.17, 15) is 13.2 Å². The van der Waals surface area contributed by atoms with E-state index in [1.54, 1.807) is 32.0 Å². The highest BCUT2D eigenvalue weighted by molar-refractivity contribution is 5.74. The predicted molar refractivity (Wildman–Crippen MR) is 65.9 cm³/mol. The number of nitrogen functional groups attached to an aromatic ring is 1. The van der Waals surface area contributed by atoms with Crippen LogP contribution in [0, 0.1) is 0 Å². The number of hydrogen-bond acceptors (Lipinski definition) is 3. The van der Waals surface area contributed by atoms with Crippen LogP contribution in [-0.4, -0.2) is 25.9 Å². The minimum absolute atomic E-state index is 0.220. The summed E-state index contributed by atoms with van der Waals surface area (Å²) in [5.41, 5.74) is 6.37. The van der Waals surface area contributed by atoms with Crippen LogP contribution in [0.5, 0.6) is 5.75 Å². The largest absolute Gasteiger partial charge is 0.495 e. The highest BCUT2D eigenvalue weighted by atomic mass is 19.4. The molecule has 0 radical (unpaired) electrons. The number of para-hydroxylation sites is 1. The van der Waals surface area contributed by atoms with Crippen LogP contribution in [0.2, 0.25) is 0 Å². The van der Waals surface area contributed by atoms with Crippen molar-refractivity contribution in [2.45, 2.75) is 26.1 Å². The lowest BCUT2D eigenvalue weighted by molar-refractivity contribution is -0.120. The summed E-state index contributed by atoms with van der Waals surface area (Å²) in [6, 6.07) is 4.48. The summed E-state index contributed by atoms with van der Waals surface area (Å²) in [6.07, 6.45) is -4.28. The van der Waals surface area contributed by atoms with Crippen molar-refractivity contribution in [3.63, 3.8) is 0 Å². The van der Waals surface area contributed by atoms with Gasteiger partial charge in [-0.05, 0) is 26.0 Å². The van der Waals surface area contributed by atoms with E-state index in [1.807, 2.05) is 0 Å². The maximum absolute atomic E-state index is 12.6. The molecule has 1 rings (SSSR count). The number of rotatable bonds is 4. The van der Waals surface area contributed by atoms with Gasteiger partial charge < -0.3 is 15.4 Å². The second kappa shape index (κ2) is 5.37. The lowest BCUT2D eigenvalue weighted by Crippen LogP contribution is -2.39. The normalized spacial score (nSPS) is 11.7. The molecule has 6 heteroatoms. The molecular weight excluding hydrogens is 245 g/mol. The fraction of sp³-hybridized carbons (Fsp3) is 0.500. The van der Waals surface area contributed by atoms with Crippen LogP contribution in [0.25, 0.3) is 0 Å². The fourth-order valence-corrected chi connectivity index (χ4v) is 1.70. The van der Waals surface area contributed by atoms with Gasteiger partial charge in [0, 0.05) is 6.04 Å². The van der Waals surface area contributed by atoms with Crippen molar-refractivity contribution < 1.29 is 17.9 Å². The van der Waals surface area contributed by atoms with Crippen LogP contribution >= 0.6 is 0 Å². The Morgan fingerprint density at radius 2 is 1.94 bits per heavy atom. The molecule has 0 aliphatic heterocycles. The Morgan fingerprint density at radius 3 is 2.39 bits per heavy atom. The Hall–Kier alpha value is -1.59. The molecule has 0 aromatic heterocycles. The van der Waals surface area contributed by atoms with E-state index in [1.165, 1.54) is 12.0 Å². The van der Waals surface area contributed by atoms with Gasteiger partial charge >= 0.3 is 6.18 Å². The zero-order valence-corrected chi connectivity index (χ0v) is 10.6. The molecule has 0 fully saturated rings. The van der Waals surface area contributed by atoms with Crippen molar-refractivity contribution in [1.82, 2.24) is 0 Å². The highest BCUT2D eigenvalue weighted by Gasteiger charge is 2.32. The minimum atomic E-state index is -4.28. The Balaban J connectivity index is 3.14. The first-order valence-electron chi connectivity index (χ1n) is 5.52. The number of benzene rings is 1. The second-order valence-corrected chi connectivity index (χ2v) is 4.23. The molecule has 3 nitrogen and oxygen atoms in total. The van der Waals surface area contributed by atoms with Crippen LogP contribution in [0.15, 0.2) is 18.2 Å². The van der Waals surface area contributed by atoms with Crippen molar-refractivity contribution in [2.75, 3.05) is 24.3 Å². The third-order valence-corrected chi connectivity index (χ3v) is 2.55. The zero-order valence-electron chi connectivity index (χ0n) is 10.6. The van der Waals surface area contributed by atoms with E-state index in [4.69, 9.17) is 10.5 Å². The van der Waals surface area contributed by atoms with E-state index >= 15 is 0 Å². The first-order valence-corrected chi connectivity index (χ1v) is 5.52. The molecule has 0 saturated heterocycles. The molecule has 0 amide bonds. The summed E-state index contributed by atoms with van der Waals surface area (Å²) in [4.78, 5) is 1.21. The molecule has 0 heterocycles. The summed E-state index contributed by atoms with van der Waals surface area (Å²) in [7, 11) is 1.43. The van der Waals surface area contributed by atoms with E-state index in [-0.39, 0.29) is 11.7 Å². The molecule has 0 atom stereocenters. The van der Waals surface area contributed by atoms with Gasteiger partial charge in [0.25, 0.3) is 0 Å². The first kappa shape index (κ1) is 14.5. The summed E-state index contributed by atoms with van der Waals surface area (Å²) in [5, 5.41) is 0. The second-order valence-electron chi connectivity index (χ2n) is 4.23. The molecule has 0 saturated carbocycles. The van der Waals surface area contributed by atoms with Crippen LogP contribution in [0.1, 0.15) is 13.8 Å². The number of nitrogens with zero attached hydrogens (tertiary/aromatic N) is 1. The Morgan fingerprint density at radius 1 is 1.33 bits per heavy atom. The van der Waals surface area contributed by atoms with Crippen LogP contribution in [0.3, 0.4) is 0 Å². The molecule has 102 valence electrons. The molecule has 1 aromatic rings. The number of alkyl halides is 3. The molecular formula is C12H17F3N2O. The number of nitrogens with two attached hydrogens (primary N) is 1. The zero-order chi connectivity index (χ0) is 13.9. The van der Waals surface area contributed by atoms with Gasteiger partial charge in [-0.3, -0.25) is 0 Å². The van der Waals surface area contributed by atoms with Gasteiger partial charge in [0.1, 0.15) is 12.3 Å². The first-order chi connectivity index (χ1) is 8.26. The summed E-state index contributed by atoms with van der Waals surface area (Å²) >= 11 is 0. The molecule has 0 unspecified atom stereocenters. The summed E-state index contributed by atoms with van der Waals surface area (Å²) in [5.74, 6) is 0.375. The number of ether oxygens (including phenoxy) is 1. The maximum Gasteiger partial charge on any atom is 0.405 e. The van der Waals surface area contributed by atoms with E-state index in [0.717, 1.165) is 0 Å². The molecule has 1 aromatic carbocycles. The minimum Gasteiger partial charge on any atom is -0.495 e. The van der Waals surface area contributed by atoms with Crippen molar-refractivity contribution in [3.05, 3.63) is 18.2 Å². The van der Waals surface area contributed by atoms with Gasteiger partial charge in [-0.2, -0.15) is 13.2 Å². The van der Waals surface area contributed by atoms with Crippen molar-refractivity contribution in [1.29, 1.82) is 0 Å². The molecule has 18 heavy (non-hydrogen) atoms. The van der Waals surface area contributed by atoms with Gasteiger partial charge in [0.15, 0.2) is 0 Å². The third-order valence-electron chi connectivity index (χ3n) is 2.55. The van der Waals surface area contributed by atoms with Crippen LogP contribution in [0.4, 0.5) is 24.5 Å². The smallest absolute Gasteiger partial charge is 0.405 e. The fourth-order valence-electron chi connectivity index (χ4n) is 1.70. The monoisotopic (exact) mass is 262 g/mol.